The third-order valence-electron chi connectivity index (χ3n) is 4.93. The maximum atomic E-state index is 12.9. The van der Waals surface area contributed by atoms with Crippen LogP contribution in [0.25, 0.3) is 11.3 Å². The van der Waals surface area contributed by atoms with E-state index in [1.54, 1.807) is 0 Å². The van der Waals surface area contributed by atoms with Gasteiger partial charge in [-0.1, -0.05) is 73.5 Å². The molecule has 1 aromatic heterocycles. The van der Waals surface area contributed by atoms with Crippen molar-refractivity contribution in [1.82, 2.24) is 15.1 Å². The molecular weight excluding hydrogens is 322 g/mol. The molecule has 3 aromatic rings. The van der Waals surface area contributed by atoms with Gasteiger partial charge in [-0.3, -0.25) is 9.48 Å². The van der Waals surface area contributed by atoms with Gasteiger partial charge in [-0.05, 0) is 18.4 Å². The molecule has 1 fully saturated rings. The van der Waals surface area contributed by atoms with Crippen LogP contribution in [0.5, 0.6) is 0 Å². The number of rotatable bonds is 5. The van der Waals surface area contributed by atoms with Crippen LogP contribution in [0, 0.1) is 0 Å². The minimum absolute atomic E-state index is 0.0185. The minimum Gasteiger partial charge on any atom is -0.349 e. The average molecular weight is 345 g/mol. The first-order valence-corrected chi connectivity index (χ1v) is 9.27. The second kappa shape index (κ2) is 7.56. The van der Waals surface area contributed by atoms with Crippen LogP contribution in [0.3, 0.4) is 0 Å². The summed E-state index contributed by atoms with van der Waals surface area (Å²) >= 11 is 0. The predicted octanol–water partition coefficient (Wildman–Crippen LogP) is 4.27. The Morgan fingerprint density at radius 2 is 1.65 bits per heavy atom. The molecule has 1 heterocycles. The summed E-state index contributed by atoms with van der Waals surface area (Å²) in [5, 5.41) is 7.92. The van der Waals surface area contributed by atoms with Crippen LogP contribution in [-0.2, 0) is 6.54 Å². The first kappa shape index (κ1) is 16.6. The van der Waals surface area contributed by atoms with Gasteiger partial charge in [0.1, 0.15) is 5.69 Å². The number of nitrogens with zero attached hydrogens (tertiary/aromatic N) is 2. The molecule has 1 saturated carbocycles. The Bertz CT molecular complexity index is 865. The quantitative estimate of drug-likeness (QED) is 0.750. The highest BCUT2D eigenvalue weighted by molar-refractivity contribution is 6.00. The van der Waals surface area contributed by atoms with Crippen LogP contribution < -0.4 is 5.32 Å². The molecule has 0 bridgehead atoms. The van der Waals surface area contributed by atoms with Gasteiger partial charge >= 0.3 is 0 Å². The Labute approximate surface area is 153 Å². The van der Waals surface area contributed by atoms with Crippen molar-refractivity contribution in [2.24, 2.45) is 0 Å². The van der Waals surface area contributed by atoms with Gasteiger partial charge in [-0.15, -0.1) is 0 Å². The molecule has 1 aliphatic rings. The molecule has 1 aliphatic carbocycles. The lowest BCUT2D eigenvalue weighted by molar-refractivity contribution is 0.0938. The molecule has 1 amide bonds. The number of hydrogen-bond acceptors (Lipinski definition) is 2. The van der Waals surface area contributed by atoms with E-state index in [0.29, 0.717) is 18.2 Å². The van der Waals surface area contributed by atoms with E-state index in [2.05, 4.69) is 17.4 Å². The van der Waals surface area contributed by atoms with Crippen LogP contribution in [0.2, 0.25) is 0 Å². The Balaban J connectivity index is 1.65. The van der Waals surface area contributed by atoms with Crippen molar-refractivity contribution in [3.05, 3.63) is 78.0 Å². The smallest absolute Gasteiger partial charge is 0.255 e. The van der Waals surface area contributed by atoms with E-state index in [4.69, 9.17) is 5.10 Å². The van der Waals surface area contributed by atoms with Gasteiger partial charge in [-0.25, -0.2) is 0 Å². The summed E-state index contributed by atoms with van der Waals surface area (Å²) in [6.07, 6.45) is 6.42. The van der Waals surface area contributed by atoms with Crippen molar-refractivity contribution in [2.45, 2.75) is 38.3 Å². The third kappa shape index (κ3) is 3.69. The standard InChI is InChI=1S/C22H23N3O/c26-22(23-19-13-7-8-14-19)20-16-25(15-17-9-3-1-4-10-17)24-21(20)18-11-5-2-6-12-18/h1-6,9-12,16,19H,7-8,13-15H2,(H,23,26). The number of benzene rings is 2. The van der Waals surface area contributed by atoms with E-state index in [9.17, 15) is 4.79 Å². The summed E-state index contributed by atoms with van der Waals surface area (Å²) in [6, 6.07) is 20.4. The molecule has 0 unspecified atom stereocenters. The zero-order valence-electron chi connectivity index (χ0n) is 14.8. The Kier molecular flexibility index (Phi) is 4.82. The minimum atomic E-state index is -0.0185. The van der Waals surface area contributed by atoms with Crippen molar-refractivity contribution in [3.8, 4) is 11.3 Å². The third-order valence-corrected chi connectivity index (χ3v) is 4.93. The molecule has 0 radical (unpaired) electrons. The fraction of sp³-hybridized carbons (Fsp3) is 0.273. The highest BCUT2D eigenvalue weighted by Gasteiger charge is 2.22. The van der Waals surface area contributed by atoms with Crippen LogP contribution in [0.1, 0.15) is 41.6 Å². The van der Waals surface area contributed by atoms with Gasteiger partial charge in [0, 0.05) is 17.8 Å². The number of nitrogens with one attached hydrogen (secondary N) is 1. The molecule has 0 spiro atoms. The second-order valence-electron chi connectivity index (χ2n) is 6.90. The maximum absolute atomic E-state index is 12.9. The Morgan fingerprint density at radius 1 is 1.00 bits per heavy atom. The summed E-state index contributed by atoms with van der Waals surface area (Å²) < 4.78 is 1.86. The lowest BCUT2D eigenvalue weighted by Crippen LogP contribution is -2.32. The van der Waals surface area contributed by atoms with Crippen LogP contribution in [-0.4, -0.2) is 21.7 Å². The first-order chi connectivity index (χ1) is 12.8. The van der Waals surface area contributed by atoms with E-state index in [1.165, 1.54) is 12.8 Å². The number of carbonyl (C=O) groups excluding carboxylic acids is 1. The maximum Gasteiger partial charge on any atom is 0.255 e. The van der Waals surface area contributed by atoms with Gasteiger partial charge in [0.05, 0.1) is 12.1 Å². The number of aromatic nitrogens is 2. The van der Waals surface area contributed by atoms with E-state index in [0.717, 1.165) is 29.7 Å². The fourth-order valence-electron chi connectivity index (χ4n) is 3.58. The van der Waals surface area contributed by atoms with Crippen LogP contribution in [0.15, 0.2) is 66.9 Å². The molecule has 4 nitrogen and oxygen atoms in total. The molecule has 4 rings (SSSR count). The van der Waals surface area contributed by atoms with Crippen molar-refractivity contribution in [1.29, 1.82) is 0 Å². The number of hydrogen-bond donors (Lipinski definition) is 1. The van der Waals surface area contributed by atoms with E-state index in [1.807, 2.05) is 59.4 Å². The molecular formula is C22H23N3O. The zero-order chi connectivity index (χ0) is 17.8. The molecule has 1 N–H and O–H groups in total. The normalized spacial score (nSPS) is 14.5. The molecule has 26 heavy (non-hydrogen) atoms. The summed E-state index contributed by atoms with van der Waals surface area (Å²) in [5.74, 6) is -0.0185. The SMILES string of the molecule is O=C(NC1CCCC1)c1cn(Cc2ccccc2)nc1-c1ccccc1. The van der Waals surface area contributed by atoms with Gasteiger partial charge < -0.3 is 5.32 Å². The second-order valence-corrected chi connectivity index (χ2v) is 6.90. The van der Waals surface area contributed by atoms with Crippen LogP contribution >= 0.6 is 0 Å². The monoisotopic (exact) mass is 345 g/mol. The zero-order valence-corrected chi connectivity index (χ0v) is 14.8. The fourth-order valence-corrected chi connectivity index (χ4v) is 3.58. The number of carbonyl (C=O) groups is 1. The highest BCUT2D eigenvalue weighted by atomic mass is 16.1. The highest BCUT2D eigenvalue weighted by Crippen LogP contribution is 2.24. The van der Waals surface area contributed by atoms with E-state index in [-0.39, 0.29) is 5.91 Å². The van der Waals surface area contributed by atoms with E-state index < -0.39 is 0 Å². The van der Waals surface area contributed by atoms with Gasteiger partial charge in [0.25, 0.3) is 5.91 Å². The van der Waals surface area contributed by atoms with Crippen molar-refractivity contribution < 1.29 is 4.79 Å². The molecule has 0 aliphatic heterocycles. The summed E-state index contributed by atoms with van der Waals surface area (Å²) in [4.78, 5) is 12.9. The molecule has 0 atom stereocenters. The average Bonchev–Trinajstić information content (AvgIpc) is 3.33. The Hall–Kier alpha value is -2.88. The molecule has 132 valence electrons. The predicted molar refractivity (Wildman–Crippen MR) is 103 cm³/mol. The van der Waals surface area contributed by atoms with Gasteiger partial charge in [0.2, 0.25) is 0 Å². The summed E-state index contributed by atoms with van der Waals surface area (Å²) in [5.41, 5.74) is 3.53. The largest absolute Gasteiger partial charge is 0.349 e. The first-order valence-electron chi connectivity index (χ1n) is 9.27. The lowest BCUT2D eigenvalue weighted by Gasteiger charge is -2.11. The van der Waals surface area contributed by atoms with E-state index >= 15 is 0 Å². The molecule has 2 aromatic carbocycles. The molecule has 0 saturated heterocycles. The summed E-state index contributed by atoms with van der Waals surface area (Å²) in [6.45, 7) is 0.650. The van der Waals surface area contributed by atoms with Gasteiger partial charge in [-0.2, -0.15) is 5.10 Å². The lowest BCUT2D eigenvalue weighted by atomic mass is 10.1. The van der Waals surface area contributed by atoms with Crippen LogP contribution in [0.4, 0.5) is 0 Å². The Morgan fingerprint density at radius 3 is 2.35 bits per heavy atom. The van der Waals surface area contributed by atoms with Crippen molar-refractivity contribution >= 4 is 5.91 Å². The van der Waals surface area contributed by atoms with Gasteiger partial charge in [0.15, 0.2) is 0 Å². The topological polar surface area (TPSA) is 46.9 Å². The van der Waals surface area contributed by atoms with Crippen molar-refractivity contribution in [3.63, 3.8) is 0 Å². The van der Waals surface area contributed by atoms with Crippen molar-refractivity contribution in [2.75, 3.05) is 0 Å². The number of amides is 1. The summed E-state index contributed by atoms with van der Waals surface area (Å²) in [7, 11) is 0. The molecule has 4 heteroatoms.